The number of thioether (sulfide) groups is 1. The van der Waals surface area contributed by atoms with E-state index < -0.39 is 0 Å². The summed E-state index contributed by atoms with van der Waals surface area (Å²) in [5.74, 6) is 0.996. The van der Waals surface area contributed by atoms with E-state index in [1.54, 1.807) is 18.0 Å². The molecule has 0 aliphatic rings. The van der Waals surface area contributed by atoms with E-state index in [1.807, 2.05) is 54.5 Å². The predicted octanol–water partition coefficient (Wildman–Crippen LogP) is 5.03. The van der Waals surface area contributed by atoms with Gasteiger partial charge in [-0.1, -0.05) is 67.9 Å². The number of carbonyl (C=O) groups excluding carboxylic acids is 1. The molecule has 0 saturated carbocycles. The minimum atomic E-state index is -0.283. The lowest BCUT2D eigenvalue weighted by Gasteiger charge is -2.20. The summed E-state index contributed by atoms with van der Waals surface area (Å²) in [5.41, 5.74) is 4.20. The van der Waals surface area contributed by atoms with Crippen molar-refractivity contribution in [1.29, 1.82) is 0 Å². The summed E-state index contributed by atoms with van der Waals surface area (Å²) in [6.07, 6.45) is 5.86. The Balaban J connectivity index is 1.67. The van der Waals surface area contributed by atoms with E-state index in [2.05, 4.69) is 67.4 Å². The molecule has 0 saturated heterocycles. The molecule has 4 aromatic rings. The first-order chi connectivity index (χ1) is 19.1. The van der Waals surface area contributed by atoms with Gasteiger partial charge in [-0.15, -0.1) is 10.2 Å². The second kappa shape index (κ2) is 14.2. The maximum Gasteiger partial charge on any atom is 0.348 e. The number of amidine groups is 1. The van der Waals surface area contributed by atoms with E-state index in [9.17, 15) is 4.79 Å². The third kappa shape index (κ3) is 7.29. The number of esters is 1. The van der Waals surface area contributed by atoms with E-state index >= 15 is 0 Å². The molecule has 2 aromatic carbocycles. The van der Waals surface area contributed by atoms with Crippen LogP contribution in [-0.2, 0) is 16.1 Å². The van der Waals surface area contributed by atoms with Crippen LogP contribution >= 0.6 is 11.8 Å². The molecule has 0 fully saturated rings. The maximum atomic E-state index is 12.6. The number of H-pyrrole nitrogens is 1. The Morgan fingerprint density at radius 3 is 2.44 bits per heavy atom. The number of carbonyl (C=O) groups is 1. The van der Waals surface area contributed by atoms with Crippen LogP contribution in [0, 0.1) is 0 Å². The average Bonchev–Trinajstić information content (AvgIpc) is 3.52. The largest absolute Gasteiger partial charge is 0.463 e. The molecule has 0 amide bonds. The van der Waals surface area contributed by atoms with Gasteiger partial charge in [-0.25, -0.2) is 9.78 Å². The van der Waals surface area contributed by atoms with Gasteiger partial charge in [0.25, 0.3) is 0 Å². The zero-order chi connectivity index (χ0) is 27.5. The van der Waals surface area contributed by atoms with E-state index in [1.165, 1.54) is 0 Å². The highest BCUT2D eigenvalue weighted by atomic mass is 32.2. The molecule has 0 aliphatic carbocycles. The fraction of sp³-hybridized carbons (Fsp3) is 0.310. The van der Waals surface area contributed by atoms with Gasteiger partial charge in [-0.2, -0.15) is 10.1 Å². The molecular formula is C29H34N7O2S+. The standard InChI is InChI=1S/C29H34N7O2S/c1-4-6-19-35(29(39-3)36(21-27(37)38-5-2)26-13-9-10-18-30-26)20-22-14-16-23(17-15-22)24-11-7-8-12-25(24)28-31-33-34-32-28/h7-18H,4-6,19-21H2,1-3H3,(H,31,32,33,34)/q+1. The summed E-state index contributed by atoms with van der Waals surface area (Å²) < 4.78 is 7.62. The van der Waals surface area contributed by atoms with E-state index in [0.29, 0.717) is 24.8 Å². The normalized spacial score (nSPS) is 11.7. The van der Waals surface area contributed by atoms with Crippen molar-refractivity contribution in [3.05, 3.63) is 78.5 Å². The monoisotopic (exact) mass is 544 g/mol. The maximum absolute atomic E-state index is 12.6. The quantitative estimate of drug-likeness (QED) is 0.121. The fourth-order valence-electron chi connectivity index (χ4n) is 4.31. The summed E-state index contributed by atoms with van der Waals surface area (Å²) >= 11 is 1.61. The van der Waals surface area contributed by atoms with Crippen LogP contribution in [0.5, 0.6) is 0 Å². The summed E-state index contributed by atoms with van der Waals surface area (Å²) in [6, 6.07) is 22.3. The van der Waals surface area contributed by atoms with Crippen molar-refractivity contribution in [1.82, 2.24) is 25.6 Å². The number of unbranched alkanes of at least 4 members (excludes halogenated alkanes) is 1. The van der Waals surface area contributed by atoms with Crippen LogP contribution in [-0.4, -0.2) is 67.3 Å². The second-order valence-electron chi connectivity index (χ2n) is 8.82. The predicted molar refractivity (Wildman–Crippen MR) is 156 cm³/mol. The molecular weight excluding hydrogens is 510 g/mol. The van der Waals surface area contributed by atoms with Gasteiger partial charge in [0.2, 0.25) is 11.6 Å². The summed E-state index contributed by atoms with van der Waals surface area (Å²) in [4.78, 5) is 19.1. The second-order valence-corrected chi connectivity index (χ2v) is 9.59. The van der Waals surface area contributed by atoms with Crippen molar-refractivity contribution < 1.29 is 14.1 Å². The summed E-state index contributed by atoms with van der Waals surface area (Å²) in [6.45, 7) is 5.97. The van der Waals surface area contributed by atoms with Gasteiger partial charge in [-0.3, -0.25) is 4.58 Å². The lowest BCUT2D eigenvalue weighted by Crippen LogP contribution is -2.41. The van der Waals surface area contributed by atoms with E-state index in [-0.39, 0.29) is 12.5 Å². The molecule has 2 aromatic heterocycles. The van der Waals surface area contributed by atoms with Crippen LogP contribution in [0.2, 0.25) is 0 Å². The number of ether oxygens (including phenoxy) is 1. The van der Waals surface area contributed by atoms with Gasteiger partial charge in [0.15, 0.2) is 6.54 Å². The Labute approximate surface area is 233 Å². The fourth-order valence-corrected chi connectivity index (χ4v) is 5.11. The molecule has 10 heteroatoms. The Morgan fingerprint density at radius 2 is 1.79 bits per heavy atom. The van der Waals surface area contributed by atoms with Gasteiger partial charge in [0.1, 0.15) is 6.54 Å². The zero-order valence-corrected chi connectivity index (χ0v) is 23.4. The molecule has 0 atom stereocenters. The van der Waals surface area contributed by atoms with Crippen LogP contribution in [0.25, 0.3) is 22.5 Å². The first-order valence-corrected chi connectivity index (χ1v) is 14.3. The number of rotatable bonds is 11. The molecule has 2 heterocycles. The van der Waals surface area contributed by atoms with Crippen molar-refractivity contribution in [3.8, 4) is 22.5 Å². The van der Waals surface area contributed by atoms with Gasteiger partial charge >= 0.3 is 11.1 Å². The number of aromatic amines is 1. The number of hydrogen-bond donors (Lipinski definition) is 1. The van der Waals surface area contributed by atoms with Gasteiger partial charge in [0.05, 0.1) is 13.2 Å². The minimum absolute atomic E-state index is 0.0927. The molecule has 202 valence electrons. The Kier molecular flexibility index (Phi) is 10.2. The van der Waals surface area contributed by atoms with Gasteiger partial charge in [0, 0.05) is 17.8 Å². The molecule has 0 aliphatic heterocycles. The smallest absolute Gasteiger partial charge is 0.348 e. The molecule has 0 unspecified atom stereocenters. The molecule has 0 bridgehead atoms. The number of pyridine rings is 1. The van der Waals surface area contributed by atoms with Crippen molar-refractivity contribution in [2.24, 2.45) is 0 Å². The zero-order valence-electron chi connectivity index (χ0n) is 22.6. The Hall–Kier alpha value is -4.05. The highest BCUT2D eigenvalue weighted by molar-refractivity contribution is 8.13. The topological polar surface area (TPSA) is 99.9 Å². The van der Waals surface area contributed by atoms with Crippen molar-refractivity contribution in [2.75, 3.05) is 30.9 Å². The number of tetrazole rings is 1. The highest BCUT2D eigenvalue weighted by Crippen LogP contribution is 2.30. The molecule has 0 radical (unpaired) electrons. The van der Waals surface area contributed by atoms with Crippen LogP contribution in [0.4, 0.5) is 5.82 Å². The lowest BCUT2D eigenvalue weighted by atomic mass is 9.98. The molecule has 4 rings (SSSR count). The van der Waals surface area contributed by atoms with Crippen molar-refractivity contribution in [3.63, 3.8) is 0 Å². The van der Waals surface area contributed by atoms with Crippen LogP contribution in [0.1, 0.15) is 32.3 Å². The minimum Gasteiger partial charge on any atom is -0.463 e. The SMILES string of the molecule is CCCC[N+](Cc1ccc(-c2ccccc2-c2nn[nH]n2)cc1)=C(SC)N(CC(=O)OCC)c1ccccn1. The van der Waals surface area contributed by atoms with Crippen molar-refractivity contribution in [2.45, 2.75) is 33.2 Å². The number of anilines is 1. The van der Waals surface area contributed by atoms with Crippen LogP contribution in [0.15, 0.2) is 72.9 Å². The summed E-state index contributed by atoms with van der Waals surface area (Å²) in [5, 5.41) is 15.5. The van der Waals surface area contributed by atoms with Crippen LogP contribution < -0.4 is 4.90 Å². The first-order valence-electron chi connectivity index (χ1n) is 13.1. The van der Waals surface area contributed by atoms with E-state index in [0.717, 1.165) is 46.8 Å². The number of hydrogen-bond acceptors (Lipinski definition) is 7. The first kappa shape index (κ1) is 28.0. The third-order valence-corrected chi connectivity index (χ3v) is 6.98. The third-order valence-electron chi connectivity index (χ3n) is 6.14. The molecule has 9 nitrogen and oxygen atoms in total. The summed E-state index contributed by atoms with van der Waals surface area (Å²) in [7, 11) is 0. The average molecular weight is 545 g/mol. The number of aromatic nitrogens is 5. The molecule has 0 spiro atoms. The molecule has 1 N–H and O–H groups in total. The number of nitrogens with one attached hydrogen (secondary N) is 1. The number of nitrogens with zero attached hydrogens (tertiary/aromatic N) is 6. The number of benzene rings is 2. The Bertz CT molecular complexity index is 1360. The highest BCUT2D eigenvalue weighted by Gasteiger charge is 2.29. The van der Waals surface area contributed by atoms with Crippen molar-refractivity contribution >= 4 is 28.7 Å². The Morgan fingerprint density at radius 1 is 1.03 bits per heavy atom. The van der Waals surface area contributed by atoms with E-state index in [4.69, 9.17) is 4.74 Å². The van der Waals surface area contributed by atoms with Gasteiger partial charge in [-0.05, 0) is 59.3 Å². The van der Waals surface area contributed by atoms with Gasteiger partial charge < -0.3 is 4.74 Å². The molecule has 39 heavy (non-hydrogen) atoms. The lowest BCUT2D eigenvalue weighted by molar-refractivity contribution is -0.542. The van der Waals surface area contributed by atoms with Crippen LogP contribution in [0.3, 0.4) is 0 Å².